The minimum atomic E-state index is -4.48. The lowest BCUT2D eigenvalue weighted by atomic mass is 10.1. The molecule has 0 bridgehead atoms. The van der Waals surface area contributed by atoms with Gasteiger partial charge >= 0.3 is 6.18 Å². The van der Waals surface area contributed by atoms with E-state index in [1.54, 1.807) is 0 Å². The van der Waals surface area contributed by atoms with Crippen LogP contribution in [0.3, 0.4) is 0 Å². The van der Waals surface area contributed by atoms with E-state index < -0.39 is 11.7 Å². The van der Waals surface area contributed by atoms with E-state index in [-0.39, 0.29) is 22.5 Å². The maximum atomic E-state index is 13.0. The zero-order valence-corrected chi connectivity index (χ0v) is 16.5. The monoisotopic (exact) mass is 426 g/mol. The summed E-state index contributed by atoms with van der Waals surface area (Å²) < 4.78 is 39.1. The van der Waals surface area contributed by atoms with E-state index in [9.17, 15) is 18.0 Å². The third-order valence-corrected chi connectivity index (χ3v) is 6.09. The highest BCUT2D eigenvalue weighted by Gasteiger charge is 2.32. The van der Waals surface area contributed by atoms with E-state index >= 15 is 0 Å². The van der Waals surface area contributed by atoms with Gasteiger partial charge in [0, 0.05) is 5.56 Å². The SMILES string of the molecule is O=C(CSC1c2ccccc2-c2ccccc21)N/N=C\c1ccccc1C(F)(F)F. The molecule has 7 heteroatoms. The highest BCUT2D eigenvalue weighted by atomic mass is 32.2. The van der Waals surface area contributed by atoms with Crippen LogP contribution in [0.2, 0.25) is 0 Å². The van der Waals surface area contributed by atoms with Crippen LogP contribution in [0.15, 0.2) is 77.9 Å². The van der Waals surface area contributed by atoms with Gasteiger partial charge in [0.05, 0.1) is 22.8 Å². The molecule has 0 spiro atoms. The number of nitrogens with zero attached hydrogens (tertiary/aromatic N) is 1. The van der Waals surface area contributed by atoms with Gasteiger partial charge in [0.1, 0.15) is 0 Å². The number of nitrogens with one attached hydrogen (secondary N) is 1. The number of hydrogen-bond donors (Lipinski definition) is 1. The van der Waals surface area contributed by atoms with Crippen LogP contribution in [0, 0.1) is 0 Å². The van der Waals surface area contributed by atoms with Crippen LogP contribution in [0.4, 0.5) is 13.2 Å². The smallest absolute Gasteiger partial charge is 0.272 e. The van der Waals surface area contributed by atoms with Gasteiger partial charge in [-0.05, 0) is 28.3 Å². The Morgan fingerprint density at radius 3 is 2.13 bits per heavy atom. The van der Waals surface area contributed by atoms with Crippen LogP contribution in [0.5, 0.6) is 0 Å². The van der Waals surface area contributed by atoms with Gasteiger partial charge in [-0.3, -0.25) is 4.79 Å². The Balaban J connectivity index is 1.41. The van der Waals surface area contributed by atoms with Gasteiger partial charge in [0.15, 0.2) is 0 Å². The average molecular weight is 426 g/mol. The Labute approximate surface area is 176 Å². The molecule has 0 unspecified atom stereocenters. The van der Waals surface area contributed by atoms with Crippen molar-refractivity contribution in [1.29, 1.82) is 0 Å². The van der Waals surface area contributed by atoms with Crippen LogP contribution in [0.1, 0.15) is 27.5 Å². The fourth-order valence-corrected chi connectivity index (χ4v) is 4.67. The number of halogens is 3. The highest BCUT2D eigenvalue weighted by molar-refractivity contribution is 8.00. The summed E-state index contributed by atoms with van der Waals surface area (Å²) in [5, 5.41) is 3.74. The zero-order valence-electron chi connectivity index (χ0n) is 15.7. The van der Waals surface area contributed by atoms with Crippen molar-refractivity contribution in [3.8, 4) is 11.1 Å². The van der Waals surface area contributed by atoms with Crippen molar-refractivity contribution < 1.29 is 18.0 Å². The summed E-state index contributed by atoms with van der Waals surface area (Å²) in [5.41, 5.74) is 6.05. The van der Waals surface area contributed by atoms with Crippen molar-refractivity contribution in [3.63, 3.8) is 0 Å². The van der Waals surface area contributed by atoms with Crippen LogP contribution in [-0.4, -0.2) is 17.9 Å². The van der Waals surface area contributed by atoms with E-state index in [0.717, 1.165) is 34.5 Å². The molecule has 0 atom stereocenters. The largest absolute Gasteiger partial charge is 0.417 e. The minimum Gasteiger partial charge on any atom is -0.272 e. The van der Waals surface area contributed by atoms with E-state index in [4.69, 9.17) is 0 Å². The fourth-order valence-electron chi connectivity index (χ4n) is 3.52. The topological polar surface area (TPSA) is 41.5 Å². The second kappa shape index (κ2) is 8.36. The maximum Gasteiger partial charge on any atom is 0.417 e. The molecule has 3 aromatic rings. The summed E-state index contributed by atoms with van der Waals surface area (Å²) in [4.78, 5) is 12.2. The van der Waals surface area contributed by atoms with Gasteiger partial charge in [-0.25, -0.2) is 5.43 Å². The van der Waals surface area contributed by atoms with Crippen molar-refractivity contribution in [2.24, 2.45) is 5.10 Å². The quantitative estimate of drug-likeness (QED) is 0.423. The van der Waals surface area contributed by atoms with Crippen molar-refractivity contribution in [2.75, 3.05) is 5.75 Å². The average Bonchev–Trinajstić information content (AvgIpc) is 3.06. The van der Waals surface area contributed by atoms with Gasteiger partial charge in [0.2, 0.25) is 5.91 Å². The number of amides is 1. The molecule has 4 rings (SSSR count). The lowest BCUT2D eigenvalue weighted by Crippen LogP contribution is -2.20. The van der Waals surface area contributed by atoms with E-state index in [1.807, 2.05) is 24.3 Å². The van der Waals surface area contributed by atoms with Crippen molar-refractivity contribution in [1.82, 2.24) is 5.43 Å². The van der Waals surface area contributed by atoms with Crippen LogP contribution in [-0.2, 0) is 11.0 Å². The Bertz CT molecular complexity index is 1070. The van der Waals surface area contributed by atoms with E-state index in [0.29, 0.717) is 0 Å². The molecule has 1 aliphatic rings. The van der Waals surface area contributed by atoms with Gasteiger partial charge in [-0.2, -0.15) is 18.3 Å². The number of alkyl halides is 3. The maximum absolute atomic E-state index is 13.0. The first kappa shape index (κ1) is 20.2. The standard InChI is InChI=1S/C23H17F3N2OS/c24-23(25,26)20-12-6-1-7-15(20)13-27-28-21(29)14-30-22-18-10-4-2-8-16(18)17-9-3-5-11-19(17)22/h1-13,22H,14H2,(H,28,29)/b27-13-. The molecule has 3 nitrogen and oxygen atoms in total. The summed E-state index contributed by atoms with van der Waals surface area (Å²) >= 11 is 1.47. The molecule has 152 valence electrons. The summed E-state index contributed by atoms with van der Waals surface area (Å²) in [5.74, 6) is -0.242. The molecule has 0 aromatic heterocycles. The Kier molecular flexibility index (Phi) is 5.63. The Morgan fingerprint density at radius 1 is 0.933 bits per heavy atom. The van der Waals surface area contributed by atoms with Crippen LogP contribution < -0.4 is 5.43 Å². The molecule has 3 aromatic carbocycles. The van der Waals surface area contributed by atoms with E-state index in [1.165, 1.54) is 30.0 Å². The molecule has 0 heterocycles. The summed E-state index contributed by atoms with van der Waals surface area (Å²) in [6.45, 7) is 0. The third-order valence-electron chi connectivity index (χ3n) is 4.82. The molecular weight excluding hydrogens is 409 g/mol. The van der Waals surface area contributed by atoms with Gasteiger partial charge in [-0.15, -0.1) is 11.8 Å². The number of rotatable bonds is 5. The molecule has 0 saturated heterocycles. The first-order valence-electron chi connectivity index (χ1n) is 9.23. The van der Waals surface area contributed by atoms with E-state index in [2.05, 4.69) is 34.8 Å². The normalized spacial score (nSPS) is 13.3. The third kappa shape index (κ3) is 4.11. The zero-order chi connectivity index (χ0) is 21.1. The first-order valence-corrected chi connectivity index (χ1v) is 10.3. The number of hydrogen-bond acceptors (Lipinski definition) is 3. The Hall–Kier alpha value is -3.06. The molecule has 1 amide bonds. The highest BCUT2D eigenvalue weighted by Crippen LogP contribution is 2.49. The molecule has 1 N–H and O–H groups in total. The number of hydrazone groups is 1. The summed E-state index contributed by atoms with van der Waals surface area (Å²) in [7, 11) is 0. The lowest BCUT2D eigenvalue weighted by molar-refractivity contribution is -0.137. The predicted octanol–water partition coefficient (Wildman–Crippen LogP) is 5.66. The molecule has 30 heavy (non-hydrogen) atoms. The summed E-state index contributed by atoms with van der Waals surface area (Å²) in [6, 6.07) is 21.2. The molecule has 0 saturated carbocycles. The van der Waals surface area contributed by atoms with Crippen molar-refractivity contribution in [3.05, 3.63) is 95.1 Å². The lowest BCUT2D eigenvalue weighted by Gasteiger charge is -2.12. The second-order valence-corrected chi connectivity index (χ2v) is 7.84. The number of benzene rings is 3. The molecular formula is C23H17F3N2OS. The first-order chi connectivity index (χ1) is 14.4. The predicted molar refractivity (Wildman–Crippen MR) is 113 cm³/mol. The van der Waals surface area contributed by atoms with Gasteiger partial charge in [-0.1, -0.05) is 66.7 Å². The number of carbonyl (C=O) groups is 1. The molecule has 0 aliphatic heterocycles. The molecule has 0 fully saturated rings. The molecule has 0 radical (unpaired) electrons. The van der Waals surface area contributed by atoms with Gasteiger partial charge < -0.3 is 0 Å². The van der Waals surface area contributed by atoms with Crippen LogP contribution >= 0.6 is 11.8 Å². The van der Waals surface area contributed by atoms with Crippen LogP contribution in [0.25, 0.3) is 11.1 Å². The molecule has 1 aliphatic carbocycles. The summed E-state index contributed by atoms with van der Waals surface area (Å²) in [6.07, 6.45) is -3.46. The Morgan fingerprint density at radius 2 is 1.50 bits per heavy atom. The number of fused-ring (bicyclic) bond motifs is 3. The number of thioether (sulfide) groups is 1. The fraction of sp³-hybridized carbons (Fsp3) is 0.130. The van der Waals surface area contributed by atoms with Crippen molar-refractivity contribution in [2.45, 2.75) is 11.4 Å². The van der Waals surface area contributed by atoms with Crippen molar-refractivity contribution >= 4 is 23.9 Å². The number of carbonyl (C=O) groups excluding carboxylic acids is 1. The minimum absolute atomic E-state index is 0.0260. The second-order valence-electron chi connectivity index (χ2n) is 6.74. The van der Waals surface area contributed by atoms with Gasteiger partial charge in [0.25, 0.3) is 0 Å².